The fourth-order valence-electron chi connectivity index (χ4n) is 5.89. The molecule has 0 aliphatic heterocycles. The minimum Gasteiger partial charge on any atom is -0.465 e. The molecule has 0 spiro atoms. The molecule has 8 rings (SSSR count). The van der Waals surface area contributed by atoms with Crippen LogP contribution in [0.25, 0.3) is 24.0 Å². The van der Waals surface area contributed by atoms with E-state index >= 15 is 0 Å². The molecule has 5 heterocycles. The number of thiophene rings is 2. The van der Waals surface area contributed by atoms with Crippen LogP contribution >= 0.6 is 22.7 Å². The van der Waals surface area contributed by atoms with Gasteiger partial charge in [-0.2, -0.15) is 10.1 Å². The Morgan fingerprint density at radius 3 is 1.98 bits per heavy atom. The molecule has 0 N–H and O–H groups in total. The molecular formula is C40H50N4OS2. The molecule has 0 atom stereocenters. The zero-order valence-electron chi connectivity index (χ0n) is 29.7. The Labute approximate surface area is 289 Å². The van der Waals surface area contributed by atoms with Gasteiger partial charge in [0.15, 0.2) is 0 Å². The standard InChI is InChI=1S/C11H14S.C10H12O.C10H12S.C9H12N4/c1-7(2)9-5-10-4-8(3)12-11(10)6-9;2*1-7(2)9-5-8-3-4-11-10(8)6-9;1-6(2)8-4-7(3)12-9-10-5-11-13(8)9/h4,6-7H,5H2,1-3H3;2*3-4,6-7H,5H2,1-2H3;4-6H,1-3H3. The first-order chi connectivity index (χ1) is 22.4. The van der Waals surface area contributed by atoms with Gasteiger partial charge >= 0.3 is 0 Å². The summed E-state index contributed by atoms with van der Waals surface area (Å²) in [5.74, 6) is 4.26. The van der Waals surface area contributed by atoms with Crippen LogP contribution in [0.4, 0.5) is 0 Å². The highest BCUT2D eigenvalue weighted by molar-refractivity contribution is 7.13. The SMILES string of the molecule is CC(C)C1=Cc2occc2C1.CC(C)C1=Cc2sccc2C1.Cc1cc(C(C)C)n2ncnc2n1.Cc1cc2c(s1)C=C(C(C)C)C2. The molecule has 47 heavy (non-hydrogen) atoms. The summed E-state index contributed by atoms with van der Waals surface area (Å²) in [7, 11) is 0. The molecule has 0 unspecified atom stereocenters. The minimum atomic E-state index is 0.436. The van der Waals surface area contributed by atoms with Crippen LogP contribution in [0.3, 0.4) is 0 Å². The average Bonchev–Trinajstić information content (AvgIpc) is 3.82. The average molecular weight is 667 g/mol. The van der Waals surface area contributed by atoms with Gasteiger partial charge in [-0.1, -0.05) is 72.1 Å². The summed E-state index contributed by atoms with van der Waals surface area (Å²) in [6.45, 7) is 21.9. The summed E-state index contributed by atoms with van der Waals surface area (Å²) >= 11 is 3.78. The summed E-state index contributed by atoms with van der Waals surface area (Å²) in [5, 5.41) is 6.30. The van der Waals surface area contributed by atoms with Crippen molar-refractivity contribution in [1.82, 2.24) is 19.6 Å². The number of aryl methyl sites for hydroxylation is 2. The largest absolute Gasteiger partial charge is 0.465 e. The van der Waals surface area contributed by atoms with Crippen molar-refractivity contribution in [2.45, 2.75) is 94.4 Å². The second-order valence-corrected chi connectivity index (χ2v) is 16.2. The molecule has 3 aliphatic carbocycles. The van der Waals surface area contributed by atoms with Crippen molar-refractivity contribution in [2.75, 3.05) is 0 Å². The fraction of sp³-hybridized carbons (Fsp3) is 0.425. The third kappa shape index (κ3) is 8.49. The molecule has 3 aliphatic rings. The highest BCUT2D eigenvalue weighted by atomic mass is 32.1. The molecule has 5 aromatic rings. The first-order valence-corrected chi connectivity index (χ1v) is 18.6. The molecule has 248 valence electrons. The van der Waals surface area contributed by atoms with Crippen LogP contribution < -0.4 is 0 Å². The molecule has 0 bridgehead atoms. The lowest BCUT2D eigenvalue weighted by Gasteiger charge is -2.07. The minimum absolute atomic E-state index is 0.436. The second-order valence-electron chi connectivity index (χ2n) is 14.0. The van der Waals surface area contributed by atoms with E-state index in [-0.39, 0.29) is 0 Å². The smallest absolute Gasteiger partial charge is 0.252 e. The van der Waals surface area contributed by atoms with Crippen molar-refractivity contribution in [1.29, 1.82) is 0 Å². The molecule has 0 amide bonds. The number of rotatable bonds is 4. The summed E-state index contributed by atoms with van der Waals surface area (Å²) in [5.41, 5.74) is 11.2. The zero-order chi connectivity index (χ0) is 33.8. The van der Waals surface area contributed by atoms with Gasteiger partial charge in [0.25, 0.3) is 5.78 Å². The quantitative estimate of drug-likeness (QED) is 0.192. The number of furan rings is 1. The van der Waals surface area contributed by atoms with E-state index in [1.165, 1.54) is 50.5 Å². The van der Waals surface area contributed by atoms with Crippen molar-refractivity contribution in [3.63, 3.8) is 0 Å². The predicted octanol–water partition coefficient (Wildman–Crippen LogP) is 11.4. The third-order valence-electron chi connectivity index (χ3n) is 8.88. The van der Waals surface area contributed by atoms with Crippen LogP contribution in [0.2, 0.25) is 0 Å². The Kier molecular flexibility index (Phi) is 11.2. The number of aromatic nitrogens is 4. The van der Waals surface area contributed by atoms with Gasteiger partial charge in [-0.25, -0.2) is 9.50 Å². The van der Waals surface area contributed by atoms with Crippen LogP contribution in [-0.4, -0.2) is 19.6 Å². The molecule has 0 radical (unpaired) electrons. The molecule has 5 aromatic heterocycles. The number of hydrogen-bond donors (Lipinski definition) is 0. The predicted molar refractivity (Wildman–Crippen MR) is 201 cm³/mol. The molecule has 0 saturated carbocycles. The maximum atomic E-state index is 5.28. The first kappa shape index (κ1) is 34.8. The van der Waals surface area contributed by atoms with Gasteiger partial charge in [-0.3, -0.25) is 0 Å². The van der Waals surface area contributed by atoms with E-state index < -0.39 is 0 Å². The molecule has 0 fully saturated rings. The van der Waals surface area contributed by atoms with E-state index in [0.717, 1.165) is 29.5 Å². The van der Waals surface area contributed by atoms with E-state index in [4.69, 9.17) is 4.42 Å². The van der Waals surface area contributed by atoms with E-state index in [2.05, 4.69) is 119 Å². The Hall–Kier alpha value is -3.55. The zero-order valence-corrected chi connectivity index (χ0v) is 31.4. The van der Waals surface area contributed by atoms with Gasteiger partial charge in [0, 0.05) is 25.9 Å². The molecule has 0 aromatic carbocycles. The molecule has 0 saturated heterocycles. The van der Waals surface area contributed by atoms with Gasteiger partial charge in [-0.15, -0.1) is 22.7 Å². The van der Waals surface area contributed by atoms with E-state index in [9.17, 15) is 0 Å². The number of nitrogens with zero attached hydrogens (tertiary/aromatic N) is 4. The van der Waals surface area contributed by atoms with E-state index in [1.54, 1.807) is 27.5 Å². The number of fused-ring (bicyclic) bond motifs is 4. The van der Waals surface area contributed by atoms with Crippen LogP contribution in [-0.2, 0) is 19.3 Å². The molecular weight excluding hydrogens is 617 g/mol. The van der Waals surface area contributed by atoms with Crippen molar-refractivity contribution < 1.29 is 4.42 Å². The highest BCUT2D eigenvalue weighted by Crippen LogP contribution is 2.35. The summed E-state index contributed by atoms with van der Waals surface area (Å²) in [6, 6.07) is 8.67. The van der Waals surface area contributed by atoms with E-state index in [1.807, 2.05) is 35.7 Å². The first-order valence-electron chi connectivity index (χ1n) is 16.9. The third-order valence-corrected chi connectivity index (χ3v) is 10.8. The van der Waals surface area contributed by atoms with Crippen molar-refractivity contribution in [3.8, 4) is 0 Å². The number of allylic oxidation sites excluding steroid dienone is 3. The van der Waals surface area contributed by atoms with Crippen molar-refractivity contribution >= 4 is 46.7 Å². The van der Waals surface area contributed by atoms with Gasteiger partial charge in [-0.05, 0) is 116 Å². The Morgan fingerprint density at radius 2 is 1.36 bits per heavy atom. The second kappa shape index (κ2) is 15.1. The maximum absolute atomic E-state index is 5.28. The highest BCUT2D eigenvalue weighted by Gasteiger charge is 2.18. The maximum Gasteiger partial charge on any atom is 0.252 e. The summed E-state index contributed by atoms with van der Waals surface area (Å²) in [4.78, 5) is 12.8. The number of hydrogen-bond acceptors (Lipinski definition) is 6. The lowest BCUT2D eigenvalue weighted by atomic mass is 10.0. The van der Waals surface area contributed by atoms with Gasteiger partial charge in [0.1, 0.15) is 12.1 Å². The van der Waals surface area contributed by atoms with Gasteiger partial charge < -0.3 is 4.42 Å². The summed E-state index contributed by atoms with van der Waals surface area (Å²) in [6.07, 6.45) is 13.7. The Morgan fingerprint density at radius 1 is 0.723 bits per heavy atom. The van der Waals surface area contributed by atoms with Crippen LogP contribution in [0.15, 0.2) is 63.4 Å². The fourth-order valence-corrected chi connectivity index (χ4v) is 7.80. The monoisotopic (exact) mass is 666 g/mol. The Balaban J connectivity index is 0.000000123. The Bertz CT molecular complexity index is 1840. The van der Waals surface area contributed by atoms with Crippen molar-refractivity contribution in [3.05, 3.63) is 107 Å². The van der Waals surface area contributed by atoms with Crippen molar-refractivity contribution in [2.24, 2.45) is 17.8 Å². The van der Waals surface area contributed by atoms with Gasteiger partial charge in [0.05, 0.1) is 12.0 Å². The van der Waals surface area contributed by atoms with Gasteiger partial charge in [0.2, 0.25) is 0 Å². The van der Waals surface area contributed by atoms with E-state index in [0.29, 0.717) is 23.5 Å². The summed E-state index contributed by atoms with van der Waals surface area (Å²) < 4.78 is 7.07. The van der Waals surface area contributed by atoms with Crippen LogP contribution in [0.1, 0.15) is 110 Å². The van der Waals surface area contributed by atoms with Crippen LogP contribution in [0, 0.1) is 31.6 Å². The molecule has 7 heteroatoms. The lowest BCUT2D eigenvalue weighted by molar-refractivity contribution is 0.556. The normalized spacial score (nSPS) is 14.2. The lowest BCUT2D eigenvalue weighted by Crippen LogP contribution is -2.03. The topological polar surface area (TPSA) is 56.2 Å². The molecule has 5 nitrogen and oxygen atoms in total. The van der Waals surface area contributed by atoms with Crippen LogP contribution in [0.5, 0.6) is 0 Å².